The van der Waals surface area contributed by atoms with E-state index in [-0.39, 0.29) is 5.41 Å². The third kappa shape index (κ3) is 4.83. The van der Waals surface area contributed by atoms with E-state index < -0.39 is 15.6 Å². The zero-order valence-corrected chi connectivity index (χ0v) is 18.2. The molecule has 3 aromatic rings. The highest BCUT2D eigenvalue weighted by molar-refractivity contribution is 7.86. The van der Waals surface area contributed by atoms with Crippen LogP contribution in [0.3, 0.4) is 0 Å². The lowest BCUT2D eigenvalue weighted by Crippen LogP contribution is -2.21. The topological polar surface area (TPSA) is 54.4 Å². The summed E-state index contributed by atoms with van der Waals surface area (Å²) in [4.78, 5) is 0. The number of fused-ring (bicyclic) bond motifs is 3. The maximum atomic E-state index is 10.7. The molecule has 7 heteroatoms. The minimum atomic E-state index is -5.84. The van der Waals surface area contributed by atoms with Gasteiger partial charge in [-0.3, -0.25) is 4.55 Å². The Balaban J connectivity index is 0.000000293. The molecule has 3 nitrogen and oxygen atoms in total. The van der Waals surface area contributed by atoms with Gasteiger partial charge in [0.2, 0.25) is 0 Å². The van der Waals surface area contributed by atoms with Crippen LogP contribution in [-0.2, 0) is 22.0 Å². The first-order valence-electron chi connectivity index (χ1n) is 9.64. The van der Waals surface area contributed by atoms with E-state index in [1.165, 1.54) is 38.9 Å². The van der Waals surface area contributed by atoms with Crippen LogP contribution in [0, 0.1) is 0 Å². The molecule has 0 heterocycles. The van der Waals surface area contributed by atoms with Gasteiger partial charge < -0.3 is 0 Å². The highest BCUT2D eigenvalue weighted by Gasteiger charge is 2.44. The van der Waals surface area contributed by atoms with E-state index in [1.807, 2.05) is 0 Å². The Kier molecular flexibility index (Phi) is 6.04. The largest absolute Gasteiger partial charge is 0.522 e. The van der Waals surface area contributed by atoms with E-state index in [9.17, 15) is 13.2 Å². The first-order valence-corrected chi connectivity index (χ1v) is 11.1. The molecule has 0 spiro atoms. The lowest BCUT2D eigenvalue weighted by Gasteiger charge is -2.24. The number of hydrogen-bond acceptors (Lipinski definition) is 2. The molecule has 1 N–H and O–H groups in total. The molecule has 1 aliphatic carbocycles. The first kappa shape index (κ1) is 23.0. The Labute approximate surface area is 180 Å². The molecule has 1 aliphatic rings. The standard InChI is InChI=1S/C23H22.CHF3O3S/c1-23(2,3)22-14-7-6-11-20(22)19-13-8-12-18-17-10-5-4-9-16(17)15-21(18)19;2-1(3,4)8(5,6)7/h4-14H,15H2,1-3H3;(H,5,6,7). The van der Waals surface area contributed by atoms with Crippen molar-refractivity contribution in [2.75, 3.05) is 0 Å². The molecule has 0 fully saturated rings. The van der Waals surface area contributed by atoms with Crippen LogP contribution < -0.4 is 0 Å². The van der Waals surface area contributed by atoms with E-state index in [4.69, 9.17) is 13.0 Å². The molecule has 31 heavy (non-hydrogen) atoms. The van der Waals surface area contributed by atoms with Gasteiger partial charge in [-0.25, -0.2) is 0 Å². The third-order valence-corrected chi connectivity index (χ3v) is 5.75. The predicted molar refractivity (Wildman–Crippen MR) is 116 cm³/mol. The van der Waals surface area contributed by atoms with Crippen molar-refractivity contribution in [1.29, 1.82) is 0 Å². The second-order valence-electron chi connectivity index (χ2n) is 8.38. The van der Waals surface area contributed by atoms with Gasteiger partial charge in [0.05, 0.1) is 0 Å². The van der Waals surface area contributed by atoms with Crippen molar-refractivity contribution in [2.45, 2.75) is 38.1 Å². The summed E-state index contributed by atoms with van der Waals surface area (Å²) in [6.07, 6.45) is 1.04. The van der Waals surface area contributed by atoms with E-state index in [0.717, 1.165) is 6.42 Å². The molecule has 3 aromatic carbocycles. The SMILES string of the molecule is CC(C)(C)c1ccccc1-c1cccc2c1Cc1ccccc1-2.O=S(=O)(O)C(F)(F)F. The summed E-state index contributed by atoms with van der Waals surface area (Å²) in [5.41, 5.74) is 4.53. The summed E-state index contributed by atoms with van der Waals surface area (Å²) >= 11 is 0. The predicted octanol–water partition coefficient (Wildman–Crippen LogP) is 6.62. The lowest BCUT2D eigenvalue weighted by atomic mass is 9.80. The molecule has 0 saturated heterocycles. The normalized spacial score (nSPS) is 13.1. The molecule has 4 rings (SSSR count). The number of alkyl halides is 3. The highest BCUT2D eigenvalue weighted by atomic mass is 32.2. The lowest BCUT2D eigenvalue weighted by molar-refractivity contribution is -0.0510. The number of hydrogen-bond donors (Lipinski definition) is 1. The average Bonchev–Trinajstić information content (AvgIpc) is 3.05. The minimum absolute atomic E-state index is 0.144. The molecular weight excluding hydrogens is 425 g/mol. The van der Waals surface area contributed by atoms with Crippen LogP contribution in [-0.4, -0.2) is 18.5 Å². The van der Waals surface area contributed by atoms with E-state index >= 15 is 0 Å². The monoisotopic (exact) mass is 448 g/mol. The molecule has 0 bridgehead atoms. The summed E-state index contributed by atoms with van der Waals surface area (Å²) in [6.45, 7) is 6.89. The smallest absolute Gasteiger partial charge is 0.279 e. The van der Waals surface area contributed by atoms with Crippen LogP contribution in [0.2, 0.25) is 0 Å². The molecule has 0 radical (unpaired) electrons. The van der Waals surface area contributed by atoms with Gasteiger partial charge in [-0.15, -0.1) is 0 Å². The Morgan fingerprint density at radius 3 is 1.74 bits per heavy atom. The minimum Gasteiger partial charge on any atom is -0.279 e. The van der Waals surface area contributed by atoms with Gasteiger partial charge in [0.1, 0.15) is 0 Å². The Morgan fingerprint density at radius 2 is 1.19 bits per heavy atom. The summed E-state index contributed by atoms with van der Waals surface area (Å²) in [7, 11) is -5.84. The summed E-state index contributed by atoms with van der Waals surface area (Å²) in [5.74, 6) is 0. The second-order valence-corrected chi connectivity index (χ2v) is 9.80. The number of rotatable bonds is 1. The van der Waals surface area contributed by atoms with Crippen molar-refractivity contribution in [1.82, 2.24) is 0 Å². The maximum Gasteiger partial charge on any atom is 0.522 e. The van der Waals surface area contributed by atoms with Crippen molar-refractivity contribution in [3.8, 4) is 22.3 Å². The first-order chi connectivity index (χ1) is 14.3. The average molecular weight is 449 g/mol. The van der Waals surface area contributed by atoms with Gasteiger partial charge in [0, 0.05) is 0 Å². The van der Waals surface area contributed by atoms with Crippen molar-refractivity contribution in [2.24, 2.45) is 0 Å². The Morgan fingerprint density at radius 1 is 0.742 bits per heavy atom. The molecule has 0 unspecified atom stereocenters. The molecular formula is C24H23F3O3S. The van der Waals surface area contributed by atoms with Crippen LogP contribution >= 0.6 is 0 Å². The third-order valence-electron chi connectivity index (χ3n) is 5.17. The molecule has 0 saturated carbocycles. The quantitative estimate of drug-likeness (QED) is 0.263. The van der Waals surface area contributed by atoms with Crippen LogP contribution in [0.4, 0.5) is 13.2 Å². The van der Waals surface area contributed by atoms with E-state index in [1.54, 1.807) is 0 Å². The van der Waals surface area contributed by atoms with Crippen LogP contribution in [0.15, 0.2) is 66.7 Å². The van der Waals surface area contributed by atoms with Gasteiger partial charge in [-0.05, 0) is 50.8 Å². The van der Waals surface area contributed by atoms with Crippen LogP contribution in [0.1, 0.15) is 37.5 Å². The van der Waals surface area contributed by atoms with Crippen molar-refractivity contribution >= 4 is 10.1 Å². The van der Waals surface area contributed by atoms with Gasteiger partial charge in [-0.1, -0.05) is 87.5 Å². The van der Waals surface area contributed by atoms with Gasteiger partial charge in [-0.2, -0.15) is 21.6 Å². The Hall–Kier alpha value is -2.64. The van der Waals surface area contributed by atoms with Gasteiger partial charge in [0.15, 0.2) is 0 Å². The molecule has 164 valence electrons. The van der Waals surface area contributed by atoms with Gasteiger partial charge >= 0.3 is 15.6 Å². The zero-order valence-electron chi connectivity index (χ0n) is 17.4. The summed E-state index contributed by atoms with van der Waals surface area (Å²) in [5, 5.41) is 0. The van der Waals surface area contributed by atoms with Crippen molar-refractivity contribution < 1.29 is 26.1 Å². The van der Waals surface area contributed by atoms with E-state index in [0.29, 0.717) is 0 Å². The highest BCUT2D eigenvalue weighted by Crippen LogP contribution is 2.43. The molecule has 0 atom stereocenters. The fraction of sp³-hybridized carbons (Fsp3) is 0.250. The molecule has 0 aliphatic heterocycles. The number of benzene rings is 3. The van der Waals surface area contributed by atoms with E-state index in [2.05, 4.69) is 87.5 Å². The molecule has 0 aromatic heterocycles. The van der Waals surface area contributed by atoms with Crippen molar-refractivity contribution in [3.05, 3.63) is 83.4 Å². The van der Waals surface area contributed by atoms with Crippen LogP contribution in [0.25, 0.3) is 22.3 Å². The maximum absolute atomic E-state index is 10.7. The fourth-order valence-electron chi connectivity index (χ4n) is 3.78. The van der Waals surface area contributed by atoms with Crippen molar-refractivity contribution in [3.63, 3.8) is 0 Å². The summed E-state index contributed by atoms with van der Waals surface area (Å²) in [6, 6.07) is 24.4. The fourth-order valence-corrected chi connectivity index (χ4v) is 3.78. The van der Waals surface area contributed by atoms with Gasteiger partial charge in [0.25, 0.3) is 0 Å². The molecule has 0 amide bonds. The van der Waals surface area contributed by atoms with Crippen LogP contribution in [0.5, 0.6) is 0 Å². The Bertz CT molecular complexity index is 1210. The summed E-state index contributed by atoms with van der Waals surface area (Å²) < 4.78 is 57.5. The zero-order chi connectivity index (χ0) is 23.0. The second kappa shape index (κ2) is 8.13. The number of halogens is 3.